The van der Waals surface area contributed by atoms with E-state index in [1.54, 1.807) is 6.20 Å². The highest BCUT2D eigenvalue weighted by Gasteiger charge is 2.19. The minimum absolute atomic E-state index is 0.0320. The van der Waals surface area contributed by atoms with E-state index >= 15 is 0 Å². The number of nitrogens with zero attached hydrogens (tertiary/aromatic N) is 4. The van der Waals surface area contributed by atoms with Crippen LogP contribution in [0, 0.1) is 0 Å². The molecule has 6 heteroatoms. The largest absolute Gasteiger partial charge is 0.355 e. The molecule has 1 N–H and O–H groups in total. The maximum absolute atomic E-state index is 12.7. The van der Waals surface area contributed by atoms with E-state index in [9.17, 15) is 4.79 Å². The van der Waals surface area contributed by atoms with Crippen molar-refractivity contribution < 1.29 is 4.79 Å². The number of pyridine rings is 1. The fourth-order valence-electron chi connectivity index (χ4n) is 3.30. The van der Waals surface area contributed by atoms with Gasteiger partial charge >= 0.3 is 6.03 Å². The lowest BCUT2D eigenvalue weighted by atomic mass is 10.3. The van der Waals surface area contributed by atoms with Crippen LogP contribution in [0.15, 0.2) is 18.3 Å². The Hall–Kier alpha value is -1.82. The number of rotatable bonds is 9. The number of nitrogens with one attached hydrogen (secondary N) is 1. The Kier molecular flexibility index (Phi) is 7.98. The van der Waals surface area contributed by atoms with E-state index in [2.05, 4.69) is 33.9 Å². The van der Waals surface area contributed by atoms with Crippen LogP contribution in [0.4, 0.5) is 16.3 Å². The minimum atomic E-state index is -0.0320. The highest BCUT2D eigenvalue weighted by molar-refractivity contribution is 5.92. The predicted octanol–water partition coefficient (Wildman–Crippen LogP) is 3.27. The highest BCUT2D eigenvalue weighted by Crippen LogP contribution is 2.26. The first-order valence-corrected chi connectivity index (χ1v) is 9.67. The molecule has 0 spiro atoms. The molecule has 140 valence electrons. The van der Waals surface area contributed by atoms with E-state index in [1.807, 2.05) is 24.0 Å². The number of carbonyl (C=O) groups is 1. The molecule has 2 amide bonds. The van der Waals surface area contributed by atoms with Crippen molar-refractivity contribution in [1.29, 1.82) is 0 Å². The van der Waals surface area contributed by atoms with Gasteiger partial charge in [-0.05, 0) is 58.0 Å². The predicted molar refractivity (Wildman–Crippen MR) is 104 cm³/mol. The van der Waals surface area contributed by atoms with Crippen LogP contribution in [0.5, 0.6) is 0 Å². The van der Waals surface area contributed by atoms with E-state index in [4.69, 9.17) is 0 Å². The summed E-state index contributed by atoms with van der Waals surface area (Å²) in [6.07, 6.45) is 5.17. The van der Waals surface area contributed by atoms with E-state index in [0.29, 0.717) is 6.54 Å². The number of anilines is 2. The summed E-state index contributed by atoms with van der Waals surface area (Å²) in [6.45, 7) is 13.0. The van der Waals surface area contributed by atoms with Crippen molar-refractivity contribution in [2.24, 2.45) is 0 Å². The highest BCUT2D eigenvalue weighted by atomic mass is 16.2. The van der Waals surface area contributed by atoms with Gasteiger partial charge in [0.1, 0.15) is 0 Å². The van der Waals surface area contributed by atoms with E-state index in [0.717, 1.165) is 57.2 Å². The second kappa shape index (κ2) is 10.2. The second-order valence-corrected chi connectivity index (χ2v) is 6.46. The molecular weight excluding hydrogens is 314 g/mol. The van der Waals surface area contributed by atoms with Crippen molar-refractivity contribution in [3.8, 4) is 0 Å². The molecule has 0 radical (unpaired) electrons. The van der Waals surface area contributed by atoms with E-state index < -0.39 is 0 Å². The van der Waals surface area contributed by atoms with Crippen LogP contribution >= 0.6 is 0 Å². The zero-order valence-electron chi connectivity index (χ0n) is 16.0. The molecule has 1 saturated heterocycles. The SMILES string of the molecule is CCN(CC)CCCN(CC)C(=O)Nc1cccnc1N1CCCC1. The monoisotopic (exact) mass is 347 g/mol. The van der Waals surface area contributed by atoms with Gasteiger partial charge in [0.2, 0.25) is 0 Å². The number of urea groups is 1. The van der Waals surface area contributed by atoms with Gasteiger partial charge in [-0.3, -0.25) is 0 Å². The second-order valence-electron chi connectivity index (χ2n) is 6.46. The molecule has 0 aromatic carbocycles. The lowest BCUT2D eigenvalue weighted by molar-refractivity contribution is 0.208. The average molecular weight is 348 g/mol. The molecule has 1 aliphatic rings. The zero-order valence-corrected chi connectivity index (χ0v) is 16.0. The Morgan fingerprint density at radius 3 is 2.52 bits per heavy atom. The van der Waals surface area contributed by atoms with Crippen molar-refractivity contribution in [3.63, 3.8) is 0 Å². The molecule has 0 unspecified atom stereocenters. The molecule has 6 nitrogen and oxygen atoms in total. The molecule has 1 aliphatic heterocycles. The quantitative estimate of drug-likeness (QED) is 0.745. The summed E-state index contributed by atoms with van der Waals surface area (Å²) in [4.78, 5) is 23.7. The summed E-state index contributed by atoms with van der Waals surface area (Å²) in [5.41, 5.74) is 0.816. The third-order valence-corrected chi connectivity index (χ3v) is 4.90. The number of hydrogen-bond acceptors (Lipinski definition) is 4. The van der Waals surface area contributed by atoms with Gasteiger partial charge in [-0.15, -0.1) is 0 Å². The first kappa shape index (κ1) is 19.5. The van der Waals surface area contributed by atoms with Crippen molar-refractivity contribution in [1.82, 2.24) is 14.8 Å². The van der Waals surface area contributed by atoms with Crippen LogP contribution in [0.2, 0.25) is 0 Å². The van der Waals surface area contributed by atoms with Gasteiger partial charge in [-0.2, -0.15) is 0 Å². The van der Waals surface area contributed by atoms with Crippen LogP contribution < -0.4 is 10.2 Å². The molecule has 1 aromatic rings. The summed E-state index contributed by atoms with van der Waals surface area (Å²) in [7, 11) is 0. The van der Waals surface area contributed by atoms with Crippen molar-refractivity contribution >= 4 is 17.5 Å². The first-order chi connectivity index (χ1) is 12.2. The van der Waals surface area contributed by atoms with Gasteiger partial charge < -0.3 is 20.0 Å². The van der Waals surface area contributed by atoms with E-state index in [1.165, 1.54) is 12.8 Å². The Morgan fingerprint density at radius 1 is 1.16 bits per heavy atom. The molecule has 0 saturated carbocycles. The van der Waals surface area contributed by atoms with Gasteiger partial charge in [0.05, 0.1) is 5.69 Å². The standard InChI is InChI=1S/C19H33N5O/c1-4-22(5-2)13-10-16-23(6-3)19(25)21-17-11-9-12-20-18(17)24-14-7-8-15-24/h9,11-12H,4-8,10,13-16H2,1-3H3,(H,21,25). The molecule has 2 heterocycles. The molecule has 0 bridgehead atoms. The molecule has 0 aliphatic carbocycles. The maximum Gasteiger partial charge on any atom is 0.321 e. The summed E-state index contributed by atoms with van der Waals surface area (Å²) in [6, 6.07) is 3.80. The van der Waals surface area contributed by atoms with Crippen LogP contribution in [-0.4, -0.2) is 66.6 Å². The van der Waals surface area contributed by atoms with Gasteiger partial charge in [0, 0.05) is 32.4 Å². The van der Waals surface area contributed by atoms with Gasteiger partial charge in [-0.25, -0.2) is 9.78 Å². The van der Waals surface area contributed by atoms with Gasteiger partial charge in [-0.1, -0.05) is 13.8 Å². The molecule has 1 aromatic heterocycles. The van der Waals surface area contributed by atoms with Crippen molar-refractivity contribution in [2.75, 3.05) is 56.0 Å². The molecule has 1 fully saturated rings. The van der Waals surface area contributed by atoms with Gasteiger partial charge in [0.15, 0.2) is 5.82 Å². The molecular formula is C19H33N5O. The third kappa shape index (κ3) is 5.59. The fourth-order valence-corrected chi connectivity index (χ4v) is 3.30. The number of carbonyl (C=O) groups excluding carboxylic acids is 1. The topological polar surface area (TPSA) is 51.7 Å². The summed E-state index contributed by atoms with van der Waals surface area (Å²) >= 11 is 0. The smallest absolute Gasteiger partial charge is 0.321 e. The number of hydrogen-bond donors (Lipinski definition) is 1. The van der Waals surface area contributed by atoms with Gasteiger partial charge in [0.25, 0.3) is 0 Å². The van der Waals surface area contributed by atoms with Crippen LogP contribution in [-0.2, 0) is 0 Å². The number of aromatic nitrogens is 1. The van der Waals surface area contributed by atoms with Crippen molar-refractivity contribution in [3.05, 3.63) is 18.3 Å². The van der Waals surface area contributed by atoms with Crippen molar-refractivity contribution in [2.45, 2.75) is 40.0 Å². The Morgan fingerprint density at radius 2 is 1.88 bits per heavy atom. The third-order valence-electron chi connectivity index (χ3n) is 4.90. The summed E-state index contributed by atoms with van der Waals surface area (Å²) in [5, 5.41) is 3.07. The Balaban J connectivity index is 1.93. The summed E-state index contributed by atoms with van der Waals surface area (Å²) < 4.78 is 0. The molecule has 0 atom stereocenters. The average Bonchev–Trinajstić information content (AvgIpc) is 3.17. The summed E-state index contributed by atoms with van der Waals surface area (Å²) in [5.74, 6) is 0.896. The lowest BCUT2D eigenvalue weighted by Gasteiger charge is -2.25. The molecule has 25 heavy (non-hydrogen) atoms. The van der Waals surface area contributed by atoms with Crippen LogP contribution in [0.3, 0.4) is 0 Å². The number of amides is 2. The lowest BCUT2D eigenvalue weighted by Crippen LogP contribution is -2.37. The first-order valence-electron chi connectivity index (χ1n) is 9.67. The molecule has 2 rings (SSSR count). The van der Waals surface area contributed by atoms with E-state index in [-0.39, 0.29) is 6.03 Å². The normalized spacial score (nSPS) is 14.2. The Bertz CT molecular complexity index is 526. The Labute approximate surface area is 152 Å². The van der Waals surface area contributed by atoms with Crippen LogP contribution in [0.1, 0.15) is 40.0 Å². The maximum atomic E-state index is 12.7. The van der Waals surface area contributed by atoms with Crippen LogP contribution in [0.25, 0.3) is 0 Å². The minimum Gasteiger partial charge on any atom is -0.355 e. The zero-order chi connectivity index (χ0) is 18.1. The fraction of sp³-hybridized carbons (Fsp3) is 0.684.